The van der Waals surface area contributed by atoms with E-state index in [2.05, 4.69) is 75.9 Å². The molecule has 0 heterocycles. The number of hydrogen-bond donors (Lipinski definition) is 0. The Bertz CT molecular complexity index is 1100. The molecule has 0 amide bonds. The lowest BCUT2D eigenvalue weighted by atomic mass is 9.99. The predicted octanol–water partition coefficient (Wildman–Crippen LogP) is 7.48. The van der Waals surface area contributed by atoms with E-state index in [4.69, 9.17) is 4.74 Å². The van der Waals surface area contributed by atoms with Gasteiger partial charge in [-0.3, -0.25) is 0 Å². The predicted molar refractivity (Wildman–Crippen MR) is 141 cm³/mol. The molecule has 0 saturated carbocycles. The number of esters is 1. The lowest BCUT2D eigenvalue weighted by Gasteiger charge is -2.28. The molecule has 0 atom stereocenters. The lowest BCUT2D eigenvalue weighted by molar-refractivity contribution is -0.136. The van der Waals surface area contributed by atoms with Crippen LogP contribution < -0.4 is 4.90 Å². The van der Waals surface area contributed by atoms with E-state index in [1.807, 2.05) is 44.2 Å². The molecule has 0 aliphatic heterocycles. The summed E-state index contributed by atoms with van der Waals surface area (Å²) in [6.07, 6.45) is 1.94. The van der Waals surface area contributed by atoms with Crippen molar-refractivity contribution >= 4 is 17.7 Å². The molecule has 0 aromatic heterocycles. The third-order valence-corrected chi connectivity index (χ3v) is 5.93. The van der Waals surface area contributed by atoms with Crippen LogP contribution in [0.3, 0.4) is 0 Å². The van der Waals surface area contributed by atoms with Gasteiger partial charge >= 0.3 is 5.97 Å². The Morgan fingerprint density at radius 3 is 1.91 bits per heavy atom. The molecule has 3 rings (SSSR count). The number of rotatable bonds is 6. The number of nitrogens with zero attached hydrogens (tertiary/aromatic N) is 1. The summed E-state index contributed by atoms with van der Waals surface area (Å²) >= 11 is 0. The van der Waals surface area contributed by atoms with Gasteiger partial charge < -0.3 is 9.64 Å². The molecule has 0 unspecified atom stereocenters. The Labute approximate surface area is 199 Å². The Kier molecular flexibility index (Phi) is 9.47. The van der Waals surface area contributed by atoms with Crippen LogP contribution in [0, 0.1) is 34.6 Å². The normalized spacial score (nSPS) is 10.8. The fourth-order valence-electron chi connectivity index (χ4n) is 3.79. The van der Waals surface area contributed by atoms with Crippen LogP contribution in [0.25, 0.3) is 6.08 Å². The van der Waals surface area contributed by atoms with E-state index in [1.165, 1.54) is 29.4 Å². The molecule has 0 fully saturated rings. The second-order valence-corrected chi connectivity index (χ2v) is 8.10. The highest BCUT2D eigenvalue weighted by molar-refractivity contribution is 5.98. The number of para-hydroxylation sites is 1. The summed E-state index contributed by atoms with van der Waals surface area (Å²) in [4.78, 5) is 15.1. The Balaban J connectivity index is 0.00000187. The highest BCUT2D eigenvalue weighted by Gasteiger charge is 2.22. The number of carbonyl (C=O) groups excluding carboxylic acids is 1. The minimum atomic E-state index is -0.354. The van der Waals surface area contributed by atoms with Crippen molar-refractivity contribution in [2.45, 2.75) is 55.0 Å². The first-order chi connectivity index (χ1) is 15.8. The third-order valence-electron chi connectivity index (χ3n) is 5.93. The second kappa shape index (κ2) is 12.1. The number of carbonyl (C=O) groups is 1. The molecule has 0 radical (unpaired) electrons. The summed E-state index contributed by atoms with van der Waals surface area (Å²) in [5, 5.41) is 0. The molecule has 0 saturated heterocycles. The van der Waals surface area contributed by atoms with Crippen LogP contribution in [0.15, 0.2) is 66.4 Å². The molecular weight excluding hydrogens is 406 g/mol. The maximum absolute atomic E-state index is 13.0. The molecule has 33 heavy (non-hydrogen) atoms. The number of ether oxygens (including phenoxy) is 1. The summed E-state index contributed by atoms with van der Waals surface area (Å²) in [5.41, 5.74) is 9.63. The number of methoxy groups -OCH3 is 1. The van der Waals surface area contributed by atoms with E-state index in [1.54, 1.807) is 0 Å². The van der Waals surface area contributed by atoms with Crippen molar-refractivity contribution in [2.24, 2.45) is 0 Å². The van der Waals surface area contributed by atoms with Gasteiger partial charge in [0.15, 0.2) is 0 Å². The molecular formula is C30H37NO2. The van der Waals surface area contributed by atoms with Gasteiger partial charge in [-0.05, 0) is 85.7 Å². The van der Waals surface area contributed by atoms with E-state index in [9.17, 15) is 4.79 Å². The zero-order valence-electron chi connectivity index (χ0n) is 21.3. The lowest BCUT2D eigenvalue weighted by Crippen LogP contribution is -2.28. The summed E-state index contributed by atoms with van der Waals surface area (Å²) < 4.78 is 5.23. The summed E-state index contributed by atoms with van der Waals surface area (Å²) in [6, 6.07) is 20.6. The fourth-order valence-corrected chi connectivity index (χ4v) is 3.79. The first-order valence-corrected chi connectivity index (χ1v) is 11.6. The van der Waals surface area contributed by atoms with Crippen LogP contribution in [0.2, 0.25) is 0 Å². The molecule has 3 aromatic carbocycles. The first-order valence-electron chi connectivity index (χ1n) is 11.6. The number of benzene rings is 3. The quantitative estimate of drug-likeness (QED) is 0.292. The van der Waals surface area contributed by atoms with Crippen molar-refractivity contribution in [3.05, 3.63) is 105 Å². The van der Waals surface area contributed by atoms with E-state index in [0.29, 0.717) is 12.2 Å². The van der Waals surface area contributed by atoms with Crippen molar-refractivity contribution < 1.29 is 9.53 Å². The number of hydrogen-bond acceptors (Lipinski definition) is 3. The van der Waals surface area contributed by atoms with Gasteiger partial charge in [0.1, 0.15) is 5.70 Å². The average Bonchev–Trinajstić information content (AvgIpc) is 2.82. The smallest absolute Gasteiger partial charge is 0.354 e. The van der Waals surface area contributed by atoms with Gasteiger partial charge in [0.05, 0.1) is 7.11 Å². The molecule has 3 heteroatoms. The zero-order chi connectivity index (χ0) is 24.5. The molecule has 0 N–H and O–H groups in total. The Morgan fingerprint density at radius 1 is 0.818 bits per heavy atom. The van der Waals surface area contributed by atoms with E-state index >= 15 is 0 Å². The maximum atomic E-state index is 13.0. The molecule has 0 spiro atoms. The van der Waals surface area contributed by atoms with Crippen LogP contribution in [0.4, 0.5) is 5.69 Å². The molecule has 0 bridgehead atoms. The number of anilines is 1. The fraction of sp³-hybridized carbons (Fsp3) is 0.300. The minimum absolute atomic E-state index is 0.354. The van der Waals surface area contributed by atoms with Crippen LogP contribution in [-0.4, -0.2) is 13.1 Å². The Hall–Kier alpha value is -3.33. The van der Waals surface area contributed by atoms with Crippen LogP contribution in [0.5, 0.6) is 0 Å². The van der Waals surface area contributed by atoms with E-state index in [-0.39, 0.29) is 5.97 Å². The molecule has 3 aromatic rings. The minimum Gasteiger partial charge on any atom is -0.464 e. The van der Waals surface area contributed by atoms with Crippen molar-refractivity contribution in [3.8, 4) is 0 Å². The van der Waals surface area contributed by atoms with Gasteiger partial charge in [0.2, 0.25) is 0 Å². The SMILES string of the molecule is CC.COC(=O)/C(=C\c1cc(C)c(C)c(C)c1)N(Cc1ccccc1C)c1ccccc1C. The molecule has 0 aliphatic rings. The van der Waals surface area contributed by atoms with Crippen molar-refractivity contribution in [2.75, 3.05) is 12.0 Å². The van der Waals surface area contributed by atoms with Gasteiger partial charge in [0, 0.05) is 12.2 Å². The van der Waals surface area contributed by atoms with Crippen molar-refractivity contribution in [1.82, 2.24) is 0 Å². The van der Waals surface area contributed by atoms with Gasteiger partial charge in [-0.2, -0.15) is 0 Å². The average molecular weight is 444 g/mol. The van der Waals surface area contributed by atoms with Crippen molar-refractivity contribution in [1.29, 1.82) is 0 Å². The molecule has 174 valence electrons. The van der Waals surface area contributed by atoms with Gasteiger partial charge in [-0.15, -0.1) is 0 Å². The number of aryl methyl sites for hydroxylation is 4. The topological polar surface area (TPSA) is 29.5 Å². The van der Waals surface area contributed by atoms with Crippen LogP contribution in [-0.2, 0) is 16.1 Å². The standard InChI is InChI=1S/C28H31NO2.C2H6/c1-19-11-7-9-13-25(19)18-29(26-14-10-8-12-20(26)2)27(28(30)31-6)17-24-15-21(3)23(5)22(4)16-24;1-2/h7-17H,18H2,1-6H3;1-2H3/b27-17+;. The zero-order valence-corrected chi connectivity index (χ0v) is 21.3. The largest absolute Gasteiger partial charge is 0.464 e. The monoisotopic (exact) mass is 443 g/mol. The summed E-state index contributed by atoms with van der Waals surface area (Å²) in [5.74, 6) is -0.354. The van der Waals surface area contributed by atoms with Gasteiger partial charge in [0.25, 0.3) is 0 Å². The maximum Gasteiger partial charge on any atom is 0.354 e. The summed E-state index contributed by atoms with van der Waals surface area (Å²) in [6.45, 7) is 15.1. The molecule has 3 nitrogen and oxygen atoms in total. The van der Waals surface area contributed by atoms with Gasteiger partial charge in [-0.25, -0.2) is 4.79 Å². The Morgan fingerprint density at radius 2 is 1.36 bits per heavy atom. The van der Waals surface area contributed by atoms with Crippen LogP contribution in [0.1, 0.15) is 52.8 Å². The van der Waals surface area contributed by atoms with Crippen LogP contribution >= 0.6 is 0 Å². The highest BCUT2D eigenvalue weighted by atomic mass is 16.5. The van der Waals surface area contributed by atoms with E-state index in [0.717, 1.165) is 22.4 Å². The van der Waals surface area contributed by atoms with Gasteiger partial charge in [-0.1, -0.05) is 68.4 Å². The second-order valence-electron chi connectivity index (χ2n) is 8.10. The highest BCUT2D eigenvalue weighted by Crippen LogP contribution is 2.29. The molecule has 0 aliphatic carbocycles. The first kappa shape index (κ1) is 25.9. The van der Waals surface area contributed by atoms with Crippen molar-refractivity contribution in [3.63, 3.8) is 0 Å². The third kappa shape index (κ3) is 6.35. The summed E-state index contributed by atoms with van der Waals surface area (Å²) in [7, 11) is 1.44. The van der Waals surface area contributed by atoms with E-state index < -0.39 is 0 Å².